The largest absolute Gasteiger partial charge is 0.387 e. The number of halogens is 1. The third-order valence-electron chi connectivity index (χ3n) is 3.34. The molecule has 2 heterocycles. The molecular formula is C14H13ClN4O2. The zero-order valence-electron chi connectivity index (χ0n) is 11.3. The van der Waals surface area contributed by atoms with Crippen LogP contribution in [0.4, 0.5) is 0 Å². The molecular weight excluding hydrogens is 292 g/mol. The van der Waals surface area contributed by atoms with Gasteiger partial charge in [-0.1, -0.05) is 23.7 Å². The lowest BCUT2D eigenvalue weighted by molar-refractivity contribution is 0.155. The molecule has 3 rings (SSSR count). The second-order valence-corrected chi connectivity index (χ2v) is 5.21. The molecule has 0 saturated heterocycles. The first-order valence-corrected chi connectivity index (χ1v) is 6.75. The van der Waals surface area contributed by atoms with E-state index >= 15 is 0 Å². The maximum atomic E-state index is 12.3. The van der Waals surface area contributed by atoms with Crippen LogP contribution in [0, 0.1) is 0 Å². The van der Waals surface area contributed by atoms with Gasteiger partial charge in [-0.3, -0.25) is 14.0 Å². The van der Waals surface area contributed by atoms with E-state index in [4.69, 9.17) is 11.6 Å². The van der Waals surface area contributed by atoms with E-state index in [1.54, 1.807) is 31.3 Å². The molecule has 0 radical (unpaired) electrons. The van der Waals surface area contributed by atoms with Crippen LogP contribution < -0.4 is 5.56 Å². The number of hydrogen-bond donors (Lipinski definition) is 1. The molecule has 0 aliphatic rings. The Morgan fingerprint density at radius 3 is 2.76 bits per heavy atom. The first kappa shape index (κ1) is 13.8. The highest BCUT2D eigenvalue weighted by Gasteiger charge is 2.12. The normalized spacial score (nSPS) is 12.7. The summed E-state index contributed by atoms with van der Waals surface area (Å²) in [6.45, 7) is 0.123. The number of aliphatic hydroxyl groups excluding tert-OH is 1. The fraction of sp³-hybridized carbons (Fsp3) is 0.214. The van der Waals surface area contributed by atoms with Crippen molar-refractivity contribution >= 4 is 22.6 Å². The maximum absolute atomic E-state index is 12.3. The minimum absolute atomic E-state index is 0.123. The molecule has 0 aliphatic carbocycles. The summed E-state index contributed by atoms with van der Waals surface area (Å²) < 4.78 is 2.92. The van der Waals surface area contributed by atoms with Crippen LogP contribution in [0.15, 0.2) is 41.6 Å². The molecule has 1 atom stereocenters. The summed E-state index contributed by atoms with van der Waals surface area (Å²) in [4.78, 5) is 16.5. The molecule has 1 N–H and O–H groups in total. The quantitative estimate of drug-likeness (QED) is 0.796. The Balaban J connectivity index is 1.92. The number of rotatable bonds is 3. The molecule has 0 bridgehead atoms. The summed E-state index contributed by atoms with van der Waals surface area (Å²) >= 11 is 5.81. The average Bonchev–Trinajstić information content (AvgIpc) is 2.85. The standard InChI is InChI=1S/C14H13ClN4O2/c1-18-13-11(6-17-18)14(21)19(8-16-13)7-12(20)9-2-4-10(15)5-3-9/h2-6,8,12,20H,7H2,1H3. The zero-order valence-corrected chi connectivity index (χ0v) is 12.0. The molecule has 6 nitrogen and oxygen atoms in total. The summed E-state index contributed by atoms with van der Waals surface area (Å²) in [5, 5.41) is 15.3. The fourth-order valence-corrected chi connectivity index (χ4v) is 2.30. The number of fused-ring (bicyclic) bond motifs is 1. The number of nitrogens with zero attached hydrogens (tertiary/aromatic N) is 4. The lowest BCUT2D eigenvalue weighted by Gasteiger charge is -2.12. The predicted molar refractivity (Wildman–Crippen MR) is 79.2 cm³/mol. The molecule has 0 amide bonds. The molecule has 108 valence electrons. The van der Waals surface area contributed by atoms with Gasteiger partial charge in [-0.05, 0) is 17.7 Å². The summed E-state index contributed by atoms with van der Waals surface area (Å²) in [5.41, 5.74) is 0.996. The van der Waals surface area contributed by atoms with Crippen LogP contribution in [0.5, 0.6) is 0 Å². The number of benzene rings is 1. The van der Waals surface area contributed by atoms with Crippen molar-refractivity contribution in [2.24, 2.45) is 7.05 Å². The molecule has 2 aromatic heterocycles. The van der Waals surface area contributed by atoms with Gasteiger partial charge >= 0.3 is 0 Å². The SMILES string of the molecule is Cn1ncc2c(=O)n(CC(O)c3ccc(Cl)cc3)cnc21. The van der Waals surface area contributed by atoms with E-state index in [-0.39, 0.29) is 12.1 Å². The Kier molecular flexibility index (Phi) is 3.48. The van der Waals surface area contributed by atoms with Gasteiger partial charge in [0.05, 0.1) is 18.8 Å². The summed E-state index contributed by atoms with van der Waals surface area (Å²) in [7, 11) is 1.72. The summed E-state index contributed by atoms with van der Waals surface area (Å²) in [6, 6.07) is 6.86. The van der Waals surface area contributed by atoms with Crippen molar-refractivity contribution < 1.29 is 5.11 Å². The van der Waals surface area contributed by atoms with Crippen molar-refractivity contribution in [1.29, 1.82) is 0 Å². The van der Waals surface area contributed by atoms with Gasteiger partial charge in [-0.15, -0.1) is 0 Å². The summed E-state index contributed by atoms with van der Waals surface area (Å²) in [5.74, 6) is 0. The Morgan fingerprint density at radius 2 is 2.05 bits per heavy atom. The second-order valence-electron chi connectivity index (χ2n) is 4.77. The van der Waals surface area contributed by atoms with E-state index in [0.717, 1.165) is 0 Å². The third-order valence-corrected chi connectivity index (χ3v) is 3.59. The molecule has 0 fully saturated rings. The lowest BCUT2D eigenvalue weighted by atomic mass is 10.1. The van der Waals surface area contributed by atoms with Crippen LogP contribution in [-0.2, 0) is 13.6 Å². The van der Waals surface area contributed by atoms with E-state index in [0.29, 0.717) is 21.6 Å². The number of aryl methyl sites for hydroxylation is 1. The van der Waals surface area contributed by atoms with Gasteiger partial charge in [-0.2, -0.15) is 5.10 Å². The van der Waals surface area contributed by atoms with E-state index in [1.807, 2.05) is 0 Å². The van der Waals surface area contributed by atoms with Crippen LogP contribution in [0.2, 0.25) is 5.02 Å². The van der Waals surface area contributed by atoms with E-state index in [9.17, 15) is 9.90 Å². The molecule has 0 aliphatic heterocycles. The third kappa shape index (κ3) is 2.55. The van der Waals surface area contributed by atoms with Gasteiger partial charge in [0.25, 0.3) is 5.56 Å². The highest BCUT2D eigenvalue weighted by Crippen LogP contribution is 2.17. The Labute approximate surface area is 125 Å². The fourth-order valence-electron chi connectivity index (χ4n) is 2.17. The predicted octanol–water partition coefficient (Wildman–Crippen LogP) is 1.52. The molecule has 21 heavy (non-hydrogen) atoms. The zero-order chi connectivity index (χ0) is 15.0. The number of aliphatic hydroxyl groups is 1. The van der Waals surface area contributed by atoms with Crippen LogP contribution in [-0.4, -0.2) is 24.4 Å². The second kappa shape index (κ2) is 5.31. The van der Waals surface area contributed by atoms with Gasteiger partial charge in [0.2, 0.25) is 0 Å². The minimum Gasteiger partial charge on any atom is -0.387 e. The van der Waals surface area contributed by atoms with Crippen molar-refractivity contribution in [3.05, 3.63) is 57.7 Å². The molecule has 1 aromatic carbocycles. The van der Waals surface area contributed by atoms with Gasteiger partial charge < -0.3 is 5.11 Å². The number of hydrogen-bond acceptors (Lipinski definition) is 4. The summed E-state index contributed by atoms with van der Waals surface area (Å²) in [6.07, 6.45) is 2.09. The Hall–Kier alpha value is -2.18. The van der Waals surface area contributed by atoms with E-state index in [2.05, 4.69) is 10.1 Å². The van der Waals surface area contributed by atoms with Gasteiger partial charge in [0, 0.05) is 12.1 Å². The first-order chi connectivity index (χ1) is 10.1. The first-order valence-electron chi connectivity index (χ1n) is 6.37. The van der Waals surface area contributed by atoms with Crippen LogP contribution in [0.1, 0.15) is 11.7 Å². The van der Waals surface area contributed by atoms with Crippen molar-refractivity contribution in [3.63, 3.8) is 0 Å². The molecule has 7 heteroatoms. The average molecular weight is 305 g/mol. The van der Waals surface area contributed by atoms with Crippen molar-refractivity contribution in [2.45, 2.75) is 12.6 Å². The van der Waals surface area contributed by atoms with Crippen LogP contribution >= 0.6 is 11.6 Å². The van der Waals surface area contributed by atoms with Gasteiger partial charge in [-0.25, -0.2) is 4.98 Å². The van der Waals surface area contributed by atoms with Crippen LogP contribution in [0.25, 0.3) is 11.0 Å². The smallest absolute Gasteiger partial charge is 0.264 e. The molecule has 1 unspecified atom stereocenters. The Bertz CT molecular complexity index is 838. The van der Waals surface area contributed by atoms with E-state index in [1.165, 1.54) is 21.8 Å². The molecule has 3 aromatic rings. The van der Waals surface area contributed by atoms with Gasteiger partial charge in [0.15, 0.2) is 5.65 Å². The lowest BCUT2D eigenvalue weighted by Crippen LogP contribution is -2.23. The molecule has 0 saturated carbocycles. The van der Waals surface area contributed by atoms with Crippen LogP contribution in [0.3, 0.4) is 0 Å². The highest BCUT2D eigenvalue weighted by atomic mass is 35.5. The van der Waals surface area contributed by atoms with Crippen molar-refractivity contribution in [3.8, 4) is 0 Å². The monoisotopic (exact) mass is 304 g/mol. The highest BCUT2D eigenvalue weighted by molar-refractivity contribution is 6.30. The minimum atomic E-state index is -0.809. The maximum Gasteiger partial charge on any atom is 0.264 e. The van der Waals surface area contributed by atoms with Crippen molar-refractivity contribution in [2.75, 3.05) is 0 Å². The van der Waals surface area contributed by atoms with Crippen molar-refractivity contribution in [1.82, 2.24) is 19.3 Å². The molecule has 0 spiro atoms. The van der Waals surface area contributed by atoms with Gasteiger partial charge in [0.1, 0.15) is 11.7 Å². The van der Waals surface area contributed by atoms with E-state index < -0.39 is 6.10 Å². The number of aromatic nitrogens is 4. The Morgan fingerprint density at radius 1 is 1.33 bits per heavy atom. The topological polar surface area (TPSA) is 72.9 Å².